The maximum absolute atomic E-state index is 12.5. The van der Waals surface area contributed by atoms with Crippen molar-refractivity contribution in [1.82, 2.24) is 0 Å². The normalized spacial score (nSPS) is 11.6. The van der Waals surface area contributed by atoms with Crippen molar-refractivity contribution in [3.8, 4) is 0 Å². The largest absolute Gasteiger partial charge is 0.417 e. The molecule has 1 rings (SSSR count). The van der Waals surface area contributed by atoms with Crippen molar-refractivity contribution in [3.63, 3.8) is 0 Å². The maximum atomic E-state index is 12.5. The lowest BCUT2D eigenvalue weighted by atomic mass is 10.0. The molecule has 0 aliphatic rings. The van der Waals surface area contributed by atoms with Crippen molar-refractivity contribution in [1.29, 1.82) is 0 Å². The van der Waals surface area contributed by atoms with E-state index in [0.717, 1.165) is 13.0 Å². The monoisotopic (exact) mass is 392 g/mol. The lowest BCUT2D eigenvalue weighted by Gasteiger charge is -2.12. The first-order valence-electron chi connectivity index (χ1n) is 3.80. The van der Waals surface area contributed by atoms with E-state index in [9.17, 15) is 18.0 Å². The van der Waals surface area contributed by atoms with Crippen LogP contribution in [-0.2, 0) is 6.18 Å². The molecule has 0 unspecified atom stereocenters. The molecule has 1 nitrogen and oxygen atoms in total. The number of ketones is 1. The molecule has 1 aromatic carbocycles. The lowest BCUT2D eigenvalue weighted by Crippen LogP contribution is -2.12. The molecular formula is C9H5BrF3IO. The Bertz CT molecular complexity index is 415. The van der Waals surface area contributed by atoms with Crippen LogP contribution in [-0.4, -0.2) is 5.78 Å². The van der Waals surface area contributed by atoms with E-state index in [2.05, 4.69) is 15.9 Å². The van der Waals surface area contributed by atoms with Gasteiger partial charge in [0.1, 0.15) is 0 Å². The minimum Gasteiger partial charge on any atom is -0.294 e. The number of halogens is 5. The fourth-order valence-corrected chi connectivity index (χ4v) is 1.88. The predicted octanol–water partition coefficient (Wildman–Crippen LogP) is 4.28. The summed E-state index contributed by atoms with van der Waals surface area (Å²) < 4.78 is 38.6. The number of Topliss-reactive ketones (excluding diaryl/α,β-unsaturated/α-hetero) is 1. The zero-order chi connectivity index (χ0) is 11.8. The average Bonchev–Trinajstić information content (AvgIpc) is 2.06. The van der Waals surface area contributed by atoms with Crippen LogP contribution in [0.4, 0.5) is 13.2 Å². The Morgan fingerprint density at radius 1 is 1.40 bits per heavy atom. The molecule has 0 saturated carbocycles. The Morgan fingerprint density at radius 2 is 1.93 bits per heavy atom. The number of rotatable bonds is 1. The molecule has 0 aliphatic heterocycles. The first-order valence-corrected chi connectivity index (χ1v) is 5.68. The van der Waals surface area contributed by atoms with Crippen molar-refractivity contribution in [2.24, 2.45) is 0 Å². The highest BCUT2D eigenvalue weighted by molar-refractivity contribution is 14.1. The summed E-state index contributed by atoms with van der Waals surface area (Å²) >= 11 is 4.86. The molecule has 0 bridgehead atoms. The van der Waals surface area contributed by atoms with Crippen LogP contribution in [0.15, 0.2) is 16.6 Å². The van der Waals surface area contributed by atoms with Crippen LogP contribution >= 0.6 is 38.5 Å². The minimum absolute atomic E-state index is 0.310. The van der Waals surface area contributed by atoms with E-state index in [1.54, 1.807) is 22.6 Å². The summed E-state index contributed by atoms with van der Waals surface area (Å²) in [6, 6.07) is 2.16. The molecule has 1 aromatic rings. The Balaban J connectivity index is 3.49. The van der Waals surface area contributed by atoms with Gasteiger partial charge in [0, 0.05) is 13.6 Å². The first kappa shape index (κ1) is 13.0. The molecule has 0 heterocycles. The molecule has 0 N–H and O–H groups in total. The first-order chi connectivity index (χ1) is 6.73. The summed E-state index contributed by atoms with van der Waals surface area (Å²) in [7, 11) is 0. The zero-order valence-electron chi connectivity index (χ0n) is 7.45. The summed E-state index contributed by atoms with van der Waals surface area (Å²) in [6.45, 7) is 1.11. The van der Waals surface area contributed by atoms with Crippen molar-refractivity contribution < 1.29 is 18.0 Å². The fraction of sp³-hybridized carbons (Fsp3) is 0.222. The van der Waals surface area contributed by atoms with Crippen LogP contribution < -0.4 is 0 Å². The number of hydrogen-bond donors (Lipinski definition) is 0. The van der Waals surface area contributed by atoms with E-state index < -0.39 is 17.5 Å². The fourth-order valence-electron chi connectivity index (χ4n) is 1.07. The number of hydrogen-bond acceptors (Lipinski definition) is 1. The molecular weight excluding hydrogens is 388 g/mol. The van der Waals surface area contributed by atoms with E-state index in [1.807, 2.05) is 0 Å². The van der Waals surface area contributed by atoms with Crippen LogP contribution in [0.5, 0.6) is 0 Å². The van der Waals surface area contributed by atoms with Crippen LogP contribution in [0, 0.1) is 3.57 Å². The van der Waals surface area contributed by atoms with Gasteiger partial charge in [0.2, 0.25) is 0 Å². The molecule has 0 atom stereocenters. The average molecular weight is 393 g/mol. The van der Waals surface area contributed by atoms with E-state index in [4.69, 9.17) is 0 Å². The van der Waals surface area contributed by atoms with Crippen molar-refractivity contribution >= 4 is 44.3 Å². The van der Waals surface area contributed by atoms with Gasteiger partial charge in [-0.1, -0.05) is 0 Å². The van der Waals surface area contributed by atoms with Gasteiger partial charge in [-0.3, -0.25) is 4.79 Å². The third-order valence-corrected chi connectivity index (χ3v) is 4.03. The van der Waals surface area contributed by atoms with E-state index in [0.29, 0.717) is 8.04 Å². The third-order valence-electron chi connectivity index (χ3n) is 1.75. The summed E-state index contributed by atoms with van der Waals surface area (Å²) in [6.07, 6.45) is -4.50. The Labute approximate surface area is 106 Å². The van der Waals surface area contributed by atoms with E-state index in [1.165, 1.54) is 6.07 Å². The highest BCUT2D eigenvalue weighted by Gasteiger charge is 2.35. The van der Waals surface area contributed by atoms with Gasteiger partial charge in [-0.05, 0) is 57.6 Å². The lowest BCUT2D eigenvalue weighted by molar-refractivity contribution is -0.138. The SMILES string of the molecule is CC(=O)c1cc(Br)c(I)cc1C(F)(F)F. The molecule has 0 radical (unpaired) electrons. The van der Waals surface area contributed by atoms with Gasteiger partial charge in [0.15, 0.2) is 5.78 Å². The molecule has 0 spiro atoms. The number of carbonyl (C=O) groups excluding carboxylic acids is 1. The minimum atomic E-state index is -4.50. The molecule has 15 heavy (non-hydrogen) atoms. The van der Waals surface area contributed by atoms with Crippen LogP contribution in [0.25, 0.3) is 0 Å². The summed E-state index contributed by atoms with van der Waals surface area (Å²) in [4.78, 5) is 11.1. The summed E-state index contributed by atoms with van der Waals surface area (Å²) in [5.74, 6) is -0.598. The molecule has 0 aliphatic carbocycles. The van der Waals surface area contributed by atoms with Gasteiger partial charge in [0.25, 0.3) is 0 Å². The van der Waals surface area contributed by atoms with Gasteiger partial charge < -0.3 is 0 Å². The predicted molar refractivity (Wildman–Crippen MR) is 61.9 cm³/mol. The highest BCUT2D eigenvalue weighted by Crippen LogP contribution is 2.35. The third kappa shape index (κ3) is 2.93. The van der Waals surface area contributed by atoms with Crippen LogP contribution in [0.2, 0.25) is 0 Å². The molecule has 0 aromatic heterocycles. The van der Waals surface area contributed by atoms with Crippen LogP contribution in [0.1, 0.15) is 22.8 Å². The Hall–Kier alpha value is -0.110. The Kier molecular flexibility index (Phi) is 3.80. The number of alkyl halides is 3. The molecule has 0 fully saturated rings. The van der Waals surface area contributed by atoms with Gasteiger partial charge in [-0.15, -0.1) is 0 Å². The molecule has 0 saturated heterocycles. The number of benzene rings is 1. The van der Waals surface area contributed by atoms with Crippen molar-refractivity contribution in [3.05, 3.63) is 31.3 Å². The van der Waals surface area contributed by atoms with Crippen LogP contribution in [0.3, 0.4) is 0 Å². The number of carbonyl (C=O) groups is 1. The zero-order valence-corrected chi connectivity index (χ0v) is 11.2. The maximum Gasteiger partial charge on any atom is 0.417 e. The smallest absolute Gasteiger partial charge is 0.294 e. The quantitative estimate of drug-likeness (QED) is 0.515. The second-order valence-corrected chi connectivity index (χ2v) is 4.88. The summed E-state index contributed by atoms with van der Waals surface area (Å²) in [5, 5.41) is 0. The van der Waals surface area contributed by atoms with Gasteiger partial charge in [-0.2, -0.15) is 13.2 Å². The topological polar surface area (TPSA) is 17.1 Å². The van der Waals surface area contributed by atoms with Crippen molar-refractivity contribution in [2.45, 2.75) is 13.1 Å². The molecule has 6 heteroatoms. The highest BCUT2D eigenvalue weighted by atomic mass is 127. The summed E-state index contributed by atoms with van der Waals surface area (Å²) in [5.41, 5.74) is -1.20. The standard InChI is InChI=1S/C9H5BrF3IO/c1-4(15)5-2-7(10)8(14)3-6(5)9(11,12)13/h2-3H,1H3. The second kappa shape index (κ2) is 4.40. The van der Waals surface area contributed by atoms with Gasteiger partial charge >= 0.3 is 6.18 Å². The second-order valence-electron chi connectivity index (χ2n) is 2.87. The van der Waals surface area contributed by atoms with Crippen molar-refractivity contribution in [2.75, 3.05) is 0 Å². The van der Waals surface area contributed by atoms with Gasteiger partial charge in [-0.25, -0.2) is 0 Å². The van der Waals surface area contributed by atoms with E-state index >= 15 is 0 Å². The Morgan fingerprint density at radius 3 is 2.33 bits per heavy atom. The van der Waals surface area contributed by atoms with Gasteiger partial charge in [0.05, 0.1) is 5.56 Å². The molecule has 0 amide bonds. The van der Waals surface area contributed by atoms with E-state index in [-0.39, 0.29) is 5.56 Å². The molecule has 82 valence electrons.